The van der Waals surface area contributed by atoms with Crippen LogP contribution in [0.4, 0.5) is 0 Å². The van der Waals surface area contributed by atoms with Gasteiger partial charge in [-0.15, -0.1) is 0 Å². The number of benzene rings is 2. The molecule has 0 bridgehead atoms. The number of carbonyl (C=O) groups excluding carboxylic acids is 2. The molecule has 7 nitrogen and oxygen atoms in total. The highest BCUT2D eigenvalue weighted by Gasteiger charge is 2.38. The van der Waals surface area contributed by atoms with Gasteiger partial charge in [-0.3, -0.25) is 14.6 Å². The Balaban J connectivity index is 1.36. The van der Waals surface area contributed by atoms with E-state index >= 15 is 0 Å². The molecular weight excluding hydrogens is 390 g/mol. The van der Waals surface area contributed by atoms with Crippen molar-refractivity contribution < 1.29 is 9.59 Å². The van der Waals surface area contributed by atoms with Gasteiger partial charge in [-0.25, -0.2) is 9.99 Å². The van der Waals surface area contributed by atoms with Crippen molar-refractivity contribution in [2.75, 3.05) is 13.1 Å². The van der Waals surface area contributed by atoms with E-state index in [0.29, 0.717) is 19.5 Å². The molecule has 0 saturated carbocycles. The lowest BCUT2D eigenvalue weighted by Gasteiger charge is -2.28. The zero-order chi connectivity index (χ0) is 21.5. The maximum absolute atomic E-state index is 13.3. The van der Waals surface area contributed by atoms with Crippen LogP contribution in [0.3, 0.4) is 0 Å². The standard InChI is InChI=1S/C24H27N5O2/c1-15-7-5-10-19-21(15)26-20(25-19)13-16(2)23(30)27-22-18-9-4-3-8-17(18)14-28-11-6-12-29(28)24(22)31/h3-5,7-10,16,22H,6,11-14H2,1-2H3,(H,25,26)(H,27,30)/t16-,22+/m1/s1. The lowest BCUT2D eigenvalue weighted by atomic mass is 9.98. The van der Waals surface area contributed by atoms with Crippen LogP contribution in [0.15, 0.2) is 42.5 Å². The number of para-hydroxylation sites is 1. The Morgan fingerprint density at radius 2 is 2.06 bits per heavy atom. The minimum Gasteiger partial charge on any atom is -0.342 e. The maximum atomic E-state index is 13.3. The molecule has 2 amide bonds. The van der Waals surface area contributed by atoms with Gasteiger partial charge in [-0.2, -0.15) is 0 Å². The Kier molecular flexibility index (Phi) is 4.98. The molecule has 1 fully saturated rings. The van der Waals surface area contributed by atoms with Crippen molar-refractivity contribution in [3.8, 4) is 0 Å². The van der Waals surface area contributed by atoms with Gasteiger partial charge >= 0.3 is 0 Å². The molecule has 31 heavy (non-hydrogen) atoms. The van der Waals surface area contributed by atoms with Gasteiger partial charge in [-0.05, 0) is 36.1 Å². The Bertz CT molecular complexity index is 1150. The highest BCUT2D eigenvalue weighted by atomic mass is 16.2. The predicted molar refractivity (Wildman–Crippen MR) is 118 cm³/mol. The smallest absolute Gasteiger partial charge is 0.264 e. The molecule has 2 aromatic carbocycles. The van der Waals surface area contributed by atoms with Gasteiger partial charge in [0.25, 0.3) is 5.91 Å². The number of nitrogens with one attached hydrogen (secondary N) is 2. The fourth-order valence-corrected chi connectivity index (χ4v) is 4.65. The van der Waals surface area contributed by atoms with E-state index in [1.54, 1.807) is 5.01 Å². The predicted octanol–water partition coefficient (Wildman–Crippen LogP) is 2.87. The summed E-state index contributed by atoms with van der Waals surface area (Å²) in [4.78, 5) is 34.4. The Morgan fingerprint density at radius 1 is 1.23 bits per heavy atom. The van der Waals surface area contributed by atoms with Crippen LogP contribution >= 0.6 is 0 Å². The molecule has 3 heterocycles. The van der Waals surface area contributed by atoms with Gasteiger partial charge in [0, 0.05) is 32.0 Å². The summed E-state index contributed by atoms with van der Waals surface area (Å²) in [6, 6.07) is 13.3. The van der Waals surface area contributed by atoms with E-state index < -0.39 is 6.04 Å². The fourth-order valence-electron chi connectivity index (χ4n) is 4.65. The largest absolute Gasteiger partial charge is 0.342 e. The lowest BCUT2D eigenvalue weighted by molar-refractivity contribution is -0.148. The van der Waals surface area contributed by atoms with Crippen molar-refractivity contribution in [2.45, 2.75) is 39.3 Å². The van der Waals surface area contributed by atoms with E-state index in [1.807, 2.05) is 56.3 Å². The third-order valence-electron chi connectivity index (χ3n) is 6.35. The number of hydrazine groups is 1. The van der Waals surface area contributed by atoms with E-state index in [4.69, 9.17) is 0 Å². The van der Waals surface area contributed by atoms with Gasteiger partial charge in [0.1, 0.15) is 11.9 Å². The Hall–Kier alpha value is -3.19. The average molecular weight is 418 g/mol. The first kappa shape index (κ1) is 19.8. The maximum Gasteiger partial charge on any atom is 0.264 e. The van der Waals surface area contributed by atoms with Gasteiger partial charge in [-0.1, -0.05) is 43.3 Å². The first-order valence-electron chi connectivity index (χ1n) is 10.9. The summed E-state index contributed by atoms with van der Waals surface area (Å²) < 4.78 is 0. The second-order valence-corrected chi connectivity index (χ2v) is 8.60. The SMILES string of the molecule is Cc1cccc2[nH]c(C[C@@H](C)C(=O)N[C@@H]3C(=O)N4CCCN4Cc4ccccc43)nc12. The normalized spacial score (nSPS) is 19.7. The number of aromatic nitrogens is 2. The third-order valence-corrected chi connectivity index (χ3v) is 6.35. The van der Waals surface area contributed by atoms with E-state index in [1.165, 1.54) is 0 Å². The summed E-state index contributed by atoms with van der Waals surface area (Å²) in [6.45, 7) is 6.17. The number of nitrogens with zero attached hydrogens (tertiary/aromatic N) is 3. The monoisotopic (exact) mass is 417 g/mol. The molecule has 1 aromatic heterocycles. The average Bonchev–Trinajstić information content (AvgIpc) is 3.37. The molecule has 5 rings (SSSR count). The van der Waals surface area contributed by atoms with Gasteiger partial charge in [0.15, 0.2) is 0 Å². The van der Waals surface area contributed by atoms with Crippen LogP contribution in [0, 0.1) is 12.8 Å². The van der Waals surface area contributed by atoms with Crippen molar-refractivity contribution >= 4 is 22.8 Å². The highest BCUT2D eigenvalue weighted by Crippen LogP contribution is 2.30. The molecule has 3 aromatic rings. The molecule has 2 aliphatic heterocycles. The fraction of sp³-hybridized carbons (Fsp3) is 0.375. The van der Waals surface area contributed by atoms with E-state index in [-0.39, 0.29) is 17.7 Å². The molecule has 160 valence electrons. The quantitative estimate of drug-likeness (QED) is 0.684. The summed E-state index contributed by atoms with van der Waals surface area (Å²) in [6.07, 6.45) is 1.44. The zero-order valence-corrected chi connectivity index (χ0v) is 17.9. The van der Waals surface area contributed by atoms with Crippen LogP contribution in [-0.2, 0) is 22.6 Å². The second-order valence-electron chi connectivity index (χ2n) is 8.60. The molecular formula is C24H27N5O2. The summed E-state index contributed by atoms with van der Waals surface area (Å²) >= 11 is 0. The summed E-state index contributed by atoms with van der Waals surface area (Å²) in [5.41, 5.74) is 5.00. The molecule has 0 spiro atoms. The highest BCUT2D eigenvalue weighted by molar-refractivity contribution is 5.90. The van der Waals surface area contributed by atoms with Gasteiger partial charge in [0.2, 0.25) is 5.91 Å². The zero-order valence-electron chi connectivity index (χ0n) is 17.9. The molecule has 0 aliphatic carbocycles. The lowest BCUT2D eigenvalue weighted by Crippen LogP contribution is -2.46. The van der Waals surface area contributed by atoms with Crippen LogP contribution < -0.4 is 5.32 Å². The van der Waals surface area contributed by atoms with Gasteiger partial charge < -0.3 is 10.3 Å². The Morgan fingerprint density at radius 3 is 2.90 bits per heavy atom. The molecule has 0 radical (unpaired) electrons. The number of carbonyl (C=O) groups is 2. The van der Waals surface area contributed by atoms with Crippen molar-refractivity contribution in [3.05, 3.63) is 65.0 Å². The number of aryl methyl sites for hydroxylation is 1. The topological polar surface area (TPSA) is 81.3 Å². The van der Waals surface area contributed by atoms with Crippen LogP contribution in [0.5, 0.6) is 0 Å². The summed E-state index contributed by atoms with van der Waals surface area (Å²) in [5.74, 6) is 0.268. The number of amides is 2. The minimum absolute atomic E-state index is 0.0534. The third kappa shape index (κ3) is 3.59. The first-order chi connectivity index (χ1) is 15.0. The molecule has 7 heteroatoms. The van der Waals surface area contributed by atoms with E-state index in [0.717, 1.165) is 46.5 Å². The number of hydrogen-bond acceptors (Lipinski definition) is 4. The van der Waals surface area contributed by atoms with Crippen LogP contribution in [-0.4, -0.2) is 44.9 Å². The van der Waals surface area contributed by atoms with E-state index in [9.17, 15) is 9.59 Å². The van der Waals surface area contributed by atoms with Crippen molar-refractivity contribution in [1.82, 2.24) is 25.3 Å². The van der Waals surface area contributed by atoms with Crippen LogP contribution in [0.25, 0.3) is 11.0 Å². The second kappa shape index (κ2) is 7.81. The number of rotatable bonds is 4. The van der Waals surface area contributed by atoms with Gasteiger partial charge in [0.05, 0.1) is 11.0 Å². The summed E-state index contributed by atoms with van der Waals surface area (Å²) in [7, 11) is 0. The minimum atomic E-state index is -0.660. The Labute approximate surface area is 181 Å². The summed E-state index contributed by atoms with van der Waals surface area (Å²) in [5, 5.41) is 6.94. The molecule has 2 atom stereocenters. The number of imidazole rings is 1. The van der Waals surface area contributed by atoms with Crippen molar-refractivity contribution in [1.29, 1.82) is 0 Å². The van der Waals surface area contributed by atoms with Crippen LogP contribution in [0.2, 0.25) is 0 Å². The number of aromatic amines is 1. The molecule has 0 unspecified atom stereocenters. The van der Waals surface area contributed by atoms with Crippen molar-refractivity contribution in [3.63, 3.8) is 0 Å². The molecule has 2 N–H and O–H groups in total. The van der Waals surface area contributed by atoms with Crippen molar-refractivity contribution in [2.24, 2.45) is 5.92 Å². The molecule has 2 aliphatic rings. The molecule has 1 saturated heterocycles. The number of H-pyrrole nitrogens is 1. The first-order valence-corrected chi connectivity index (χ1v) is 10.9. The number of hydrogen-bond donors (Lipinski definition) is 2. The van der Waals surface area contributed by atoms with E-state index in [2.05, 4.69) is 20.3 Å². The number of fused-ring (bicyclic) bond motifs is 3. The van der Waals surface area contributed by atoms with Crippen LogP contribution in [0.1, 0.15) is 41.9 Å².